The standard InChI is InChI=1S/C20H23ClN2O6/c1-3-26-19(24)6-13-10-25-5-4-23(13)9-16-12(2)29-20(22-16)14-7-17-18(8-15(14)21)28-11-27-17/h7-8,13H,3-6,9-11H2,1-2H3. The first-order chi connectivity index (χ1) is 14.0. The van der Waals surface area contributed by atoms with Gasteiger partial charge in [0.15, 0.2) is 11.5 Å². The molecule has 0 bridgehead atoms. The Balaban J connectivity index is 1.53. The number of morpholine rings is 1. The summed E-state index contributed by atoms with van der Waals surface area (Å²) >= 11 is 6.39. The summed E-state index contributed by atoms with van der Waals surface area (Å²) in [7, 11) is 0. The number of fused-ring (bicyclic) bond motifs is 1. The summed E-state index contributed by atoms with van der Waals surface area (Å²) in [5.41, 5.74) is 1.44. The van der Waals surface area contributed by atoms with Gasteiger partial charge < -0.3 is 23.4 Å². The van der Waals surface area contributed by atoms with Crippen LogP contribution in [0.3, 0.4) is 0 Å². The van der Waals surface area contributed by atoms with Gasteiger partial charge in [-0.05, 0) is 19.9 Å². The molecular formula is C20H23ClN2O6. The summed E-state index contributed by atoms with van der Waals surface area (Å²) in [6, 6.07) is 3.42. The fourth-order valence-corrected chi connectivity index (χ4v) is 3.70. The Kier molecular flexibility index (Phi) is 5.94. The lowest BCUT2D eigenvalue weighted by Crippen LogP contribution is -2.46. The number of aromatic nitrogens is 1. The number of benzene rings is 1. The van der Waals surface area contributed by atoms with Crippen LogP contribution in [0, 0.1) is 6.92 Å². The highest BCUT2D eigenvalue weighted by molar-refractivity contribution is 6.33. The molecule has 2 aromatic rings. The van der Waals surface area contributed by atoms with E-state index in [0.717, 1.165) is 5.69 Å². The summed E-state index contributed by atoms with van der Waals surface area (Å²) in [6.45, 7) is 6.55. The van der Waals surface area contributed by atoms with E-state index in [-0.39, 0.29) is 25.2 Å². The van der Waals surface area contributed by atoms with Crippen molar-refractivity contribution in [3.05, 3.63) is 28.6 Å². The molecule has 1 unspecified atom stereocenters. The van der Waals surface area contributed by atoms with Gasteiger partial charge in [0, 0.05) is 25.2 Å². The van der Waals surface area contributed by atoms with E-state index in [2.05, 4.69) is 9.88 Å². The molecule has 0 aliphatic carbocycles. The number of carbonyl (C=O) groups is 1. The highest BCUT2D eigenvalue weighted by atomic mass is 35.5. The summed E-state index contributed by atoms with van der Waals surface area (Å²) in [6.07, 6.45) is 0.283. The average Bonchev–Trinajstić information content (AvgIpc) is 3.29. The Morgan fingerprint density at radius 2 is 2.14 bits per heavy atom. The molecule has 1 atom stereocenters. The van der Waals surface area contributed by atoms with E-state index >= 15 is 0 Å². The van der Waals surface area contributed by atoms with Gasteiger partial charge in [-0.1, -0.05) is 11.6 Å². The Bertz CT molecular complexity index is 899. The second-order valence-corrected chi connectivity index (χ2v) is 7.32. The summed E-state index contributed by atoms with van der Waals surface area (Å²) in [4.78, 5) is 18.8. The summed E-state index contributed by atoms with van der Waals surface area (Å²) < 4.78 is 27.3. The van der Waals surface area contributed by atoms with E-state index in [0.29, 0.717) is 66.6 Å². The Morgan fingerprint density at radius 3 is 2.93 bits per heavy atom. The number of ether oxygens (including phenoxy) is 4. The molecule has 156 valence electrons. The lowest BCUT2D eigenvalue weighted by molar-refractivity contribution is -0.146. The predicted octanol–water partition coefficient (Wildman–Crippen LogP) is 3.19. The first-order valence-corrected chi connectivity index (χ1v) is 9.96. The van der Waals surface area contributed by atoms with Crippen LogP contribution in [0.1, 0.15) is 24.8 Å². The zero-order valence-corrected chi connectivity index (χ0v) is 17.2. The molecule has 0 radical (unpaired) electrons. The number of aryl methyl sites for hydroxylation is 1. The van der Waals surface area contributed by atoms with Crippen molar-refractivity contribution in [3.8, 4) is 23.0 Å². The molecule has 0 N–H and O–H groups in total. The molecular weight excluding hydrogens is 400 g/mol. The minimum atomic E-state index is -0.224. The van der Waals surface area contributed by atoms with Crippen molar-refractivity contribution in [2.24, 2.45) is 0 Å². The van der Waals surface area contributed by atoms with Gasteiger partial charge >= 0.3 is 5.97 Å². The average molecular weight is 423 g/mol. The first-order valence-electron chi connectivity index (χ1n) is 9.58. The minimum Gasteiger partial charge on any atom is -0.466 e. The molecule has 9 heteroatoms. The highest BCUT2D eigenvalue weighted by Gasteiger charge is 2.28. The number of nitrogens with zero attached hydrogens (tertiary/aromatic N) is 2. The van der Waals surface area contributed by atoms with Crippen molar-refractivity contribution >= 4 is 17.6 Å². The number of carbonyl (C=O) groups excluding carboxylic acids is 1. The lowest BCUT2D eigenvalue weighted by atomic mass is 10.1. The molecule has 1 fully saturated rings. The maximum absolute atomic E-state index is 11.9. The van der Waals surface area contributed by atoms with E-state index in [4.69, 9.17) is 35.0 Å². The van der Waals surface area contributed by atoms with Crippen molar-refractivity contribution in [1.29, 1.82) is 0 Å². The molecule has 0 spiro atoms. The zero-order chi connectivity index (χ0) is 20.4. The molecule has 4 rings (SSSR count). The molecule has 1 aromatic heterocycles. The second kappa shape index (κ2) is 8.61. The van der Waals surface area contributed by atoms with Crippen LogP contribution in [0.2, 0.25) is 5.02 Å². The van der Waals surface area contributed by atoms with Crippen LogP contribution in [0.5, 0.6) is 11.5 Å². The Morgan fingerprint density at radius 1 is 1.34 bits per heavy atom. The van der Waals surface area contributed by atoms with E-state index in [1.165, 1.54) is 0 Å². The molecule has 1 saturated heterocycles. The van der Waals surface area contributed by atoms with E-state index < -0.39 is 0 Å². The van der Waals surface area contributed by atoms with Crippen molar-refractivity contribution in [3.63, 3.8) is 0 Å². The van der Waals surface area contributed by atoms with Gasteiger partial charge in [-0.3, -0.25) is 9.69 Å². The van der Waals surface area contributed by atoms with Crippen LogP contribution in [0.25, 0.3) is 11.5 Å². The van der Waals surface area contributed by atoms with Crippen LogP contribution in [-0.2, 0) is 20.8 Å². The van der Waals surface area contributed by atoms with Crippen LogP contribution in [0.4, 0.5) is 0 Å². The van der Waals surface area contributed by atoms with Gasteiger partial charge in [0.2, 0.25) is 12.7 Å². The SMILES string of the molecule is CCOC(=O)CC1COCCN1Cc1nc(-c2cc3c(cc2Cl)OCO3)oc1C. The smallest absolute Gasteiger partial charge is 0.307 e. The van der Waals surface area contributed by atoms with Gasteiger partial charge in [-0.2, -0.15) is 0 Å². The Hall–Kier alpha value is -2.29. The number of rotatable bonds is 6. The van der Waals surface area contributed by atoms with Crippen LogP contribution < -0.4 is 9.47 Å². The maximum atomic E-state index is 11.9. The molecule has 1 aromatic carbocycles. The number of esters is 1. The lowest BCUT2D eigenvalue weighted by Gasteiger charge is -2.34. The van der Waals surface area contributed by atoms with Gasteiger partial charge in [0.05, 0.1) is 42.5 Å². The van der Waals surface area contributed by atoms with Crippen molar-refractivity contribution in [2.45, 2.75) is 32.9 Å². The maximum Gasteiger partial charge on any atom is 0.307 e. The third kappa shape index (κ3) is 4.34. The van der Waals surface area contributed by atoms with Gasteiger partial charge in [0.1, 0.15) is 5.76 Å². The first kappa shape index (κ1) is 20.0. The molecule has 8 nitrogen and oxygen atoms in total. The quantitative estimate of drug-likeness (QED) is 0.656. The topological polar surface area (TPSA) is 83.3 Å². The molecule has 2 aliphatic heterocycles. The van der Waals surface area contributed by atoms with E-state index in [1.54, 1.807) is 19.1 Å². The van der Waals surface area contributed by atoms with Crippen LogP contribution in [-0.4, -0.2) is 55.1 Å². The molecule has 0 amide bonds. The number of halogens is 1. The minimum absolute atomic E-state index is 0.0588. The van der Waals surface area contributed by atoms with Crippen LogP contribution in [0.15, 0.2) is 16.5 Å². The fraction of sp³-hybridized carbons (Fsp3) is 0.500. The predicted molar refractivity (Wildman–Crippen MR) is 104 cm³/mol. The monoisotopic (exact) mass is 422 g/mol. The van der Waals surface area contributed by atoms with Crippen LogP contribution >= 0.6 is 11.6 Å². The number of hydrogen-bond donors (Lipinski definition) is 0. The highest BCUT2D eigenvalue weighted by Crippen LogP contribution is 2.41. The van der Waals surface area contributed by atoms with E-state index in [9.17, 15) is 4.79 Å². The second-order valence-electron chi connectivity index (χ2n) is 6.92. The summed E-state index contributed by atoms with van der Waals surface area (Å²) in [5.74, 6) is 2.13. The molecule has 2 aliphatic rings. The third-order valence-electron chi connectivity index (χ3n) is 5.00. The molecule has 3 heterocycles. The number of oxazole rings is 1. The van der Waals surface area contributed by atoms with Crippen molar-refractivity contribution < 1.29 is 28.2 Å². The molecule has 0 saturated carbocycles. The van der Waals surface area contributed by atoms with E-state index in [1.807, 2.05) is 6.92 Å². The normalized spacial score (nSPS) is 18.8. The fourth-order valence-electron chi connectivity index (χ4n) is 3.46. The van der Waals surface area contributed by atoms with Crippen molar-refractivity contribution in [1.82, 2.24) is 9.88 Å². The largest absolute Gasteiger partial charge is 0.466 e. The Labute approximate surface area is 173 Å². The van der Waals surface area contributed by atoms with Gasteiger partial charge in [-0.15, -0.1) is 0 Å². The third-order valence-corrected chi connectivity index (χ3v) is 5.31. The van der Waals surface area contributed by atoms with Gasteiger partial charge in [-0.25, -0.2) is 4.98 Å². The number of hydrogen-bond acceptors (Lipinski definition) is 8. The zero-order valence-electron chi connectivity index (χ0n) is 16.4. The van der Waals surface area contributed by atoms with Crippen molar-refractivity contribution in [2.75, 3.05) is 33.2 Å². The van der Waals surface area contributed by atoms with Gasteiger partial charge in [0.25, 0.3) is 0 Å². The summed E-state index contributed by atoms with van der Waals surface area (Å²) in [5, 5.41) is 0.480. The molecule has 29 heavy (non-hydrogen) atoms.